The lowest BCUT2D eigenvalue weighted by Gasteiger charge is -2.26. The molecule has 1 aliphatic rings. The predicted molar refractivity (Wildman–Crippen MR) is 142 cm³/mol. The zero-order chi connectivity index (χ0) is 26.2. The van der Waals surface area contributed by atoms with E-state index in [0.29, 0.717) is 29.4 Å². The first-order valence-corrected chi connectivity index (χ1v) is 13.1. The summed E-state index contributed by atoms with van der Waals surface area (Å²) in [6, 6.07) is 14.8. The lowest BCUT2D eigenvalue weighted by Crippen LogP contribution is -2.25. The van der Waals surface area contributed by atoms with E-state index in [4.69, 9.17) is 9.47 Å². The Labute approximate surface area is 217 Å². The number of hydrogen-bond acceptors (Lipinski definition) is 2. The van der Waals surface area contributed by atoms with Gasteiger partial charge >= 0.3 is 0 Å². The fraction of sp³-hybridized carbons (Fsp3) is 0.375. The molecule has 37 heavy (non-hydrogen) atoms. The lowest BCUT2D eigenvalue weighted by atomic mass is 9.95. The Morgan fingerprint density at radius 3 is 2.30 bits per heavy atom. The average Bonchev–Trinajstić information content (AvgIpc) is 2.92. The van der Waals surface area contributed by atoms with Gasteiger partial charge in [0.1, 0.15) is 5.82 Å². The highest BCUT2D eigenvalue weighted by Gasteiger charge is 2.20. The second-order valence-corrected chi connectivity index (χ2v) is 9.44. The third kappa shape index (κ3) is 6.76. The van der Waals surface area contributed by atoms with Crippen LogP contribution < -0.4 is 4.74 Å². The van der Waals surface area contributed by atoms with Crippen molar-refractivity contribution in [2.45, 2.75) is 58.5 Å². The van der Waals surface area contributed by atoms with Crippen molar-refractivity contribution < 1.29 is 22.6 Å². The Morgan fingerprint density at radius 1 is 0.865 bits per heavy atom. The van der Waals surface area contributed by atoms with E-state index in [1.54, 1.807) is 37.3 Å². The summed E-state index contributed by atoms with van der Waals surface area (Å²) in [5.41, 5.74) is 2.47. The molecule has 0 N–H and O–H groups in total. The fourth-order valence-corrected chi connectivity index (χ4v) is 4.61. The van der Waals surface area contributed by atoms with Gasteiger partial charge in [-0.2, -0.15) is 4.39 Å². The molecule has 1 fully saturated rings. The van der Waals surface area contributed by atoms with E-state index in [1.165, 1.54) is 37.5 Å². The highest BCUT2D eigenvalue weighted by molar-refractivity contribution is 5.71. The molecule has 0 aliphatic carbocycles. The van der Waals surface area contributed by atoms with E-state index >= 15 is 0 Å². The first-order valence-electron chi connectivity index (χ1n) is 13.1. The van der Waals surface area contributed by atoms with Crippen molar-refractivity contribution in [1.29, 1.82) is 0 Å². The average molecular weight is 507 g/mol. The van der Waals surface area contributed by atoms with Crippen LogP contribution in [0.2, 0.25) is 0 Å². The van der Waals surface area contributed by atoms with Crippen LogP contribution in [0.25, 0.3) is 22.3 Å². The number of rotatable bonds is 8. The normalized spacial score (nSPS) is 17.2. The quantitative estimate of drug-likeness (QED) is 0.225. The van der Waals surface area contributed by atoms with Gasteiger partial charge in [-0.05, 0) is 67.1 Å². The zero-order valence-electron chi connectivity index (χ0n) is 21.5. The van der Waals surface area contributed by atoms with Crippen LogP contribution in [0, 0.1) is 35.2 Å². The van der Waals surface area contributed by atoms with Gasteiger partial charge in [0.15, 0.2) is 11.6 Å². The summed E-state index contributed by atoms with van der Waals surface area (Å²) in [6.45, 7) is 4.77. The van der Waals surface area contributed by atoms with E-state index < -0.39 is 11.6 Å². The van der Waals surface area contributed by atoms with Crippen molar-refractivity contribution in [3.8, 4) is 39.8 Å². The topological polar surface area (TPSA) is 18.5 Å². The van der Waals surface area contributed by atoms with Gasteiger partial charge in [0.05, 0.1) is 24.9 Å². The van der Waals surface area contributed by atoms with Crippen LogP contribution in [0.4, 0.5) is 13.2 Å². The first-order chi connectivity index (χ1) is 18.0. The molecule has 0 saturated carbocycles. The van der Waals surface area contributed by atoms with Gasteiger partial charge in [-0.1, -0.05) is 68.4 Å². The summed E-state index contributed by atoms with van der Waals surface area (Å²) in [5.74, 6) is 3.84. The van der Waals surface area contributed by atoms with Crippen molar-refractivity contribution in [1.82, 2.24) is 0 Å². The summed E-state index contributed by atoms with van der Waals surface area (Å²) < 4.78 is 54.7. The van der Waals surface area contributed by atoms with Crippen molar-refractivity contribution >= 4 is 0 Å². The number of unbranched alkanes of at least 4 members (excludes halogenated alkanes) is 2. The Balaban J connectivity index is 1.41. The lowest BCUT2D eigenvalue weighted by molar-refractivity contribution is -0.00720. The molecule has 1 heterocycles. The molecule has 0 amide bonds. The second kappa shape index (κ2) is 12.8. The minimum atomic E-state index is -1.01. The van der Waals surface area contributed by atoms with Gasteiger partial charge in [-0.3, -0.25) is 0 Å². The standard InChI is InChI=1S/C32H33F3O2/c1-3-5-6-7-27-17-9-22(21-37-27)8-10-25-15-16-26(20-29(25)33)23-11-13-24(14-12-23)28-18-19-30(36-4-2)32(35)31(28)34/h11-16,18-20,22,27H,3-7,9,17,21H2,1-2H3. The third-order valence-corrected chi connectivity index (χ3v) is 6.76. The van der Waals surface area contributed by atoms with Gasteiger partial charge in [-0.25, -0.2) is 8.78 Å². The van der Waals surface area contributed by atoms with E-state index in [1.807, 2.05) is 6.07 Å². The van der Waals surface area contributed by atoms with Crippen LogP contribution in [0.1, 0.15) is 57.9 Å². The summed E-state index contributed by atoms with van der Waals surface area (Å²) >= 11 is 0. The number of ether oxygens (including phenoxy) is 2. The molecule has 3 aromatic carbocycles. The minimum Gasteiger partial charge on any atom is -0.491 e. The van der Waals surface area contributed by atoms with E-state index in [2.05, 4.69) is 18.8 Å². The molecule has 1 saturated heterocycles. The molecule has 194 valence electrons. The summed E-state index contributed by atoms with van der Waals surface area (Å²) in [7, 11) is 0. The highest BCUT2D eigenvalue weighted by Crippen LogP contribution is 2.32. The van der Waals surface area contributed by atoms with Gasteiger partial charge in [0.25, 0.3) is 0 Å². The Bertz CT molecular complexity index is 1250. The summed E-state index contributed by atoms with van der Waals surface area (Å²) in [5, 5.41) is 0. The van der Waals surface area contributed by atoms with Crippen molar-refractivity contribution in [2.75, 3.05) is 13.2 Å². The van der Waals surface area contributed by atoms with Crippen molar-refractivity contribution in [3.63, 3.8) is 0 Å². The van der Waals surface area contributed by atoms with E-state index in [-0.39, 0.29) is 29.7 Å². The van der Waals surface area contributed by atoms with E-state index in [0.717, 1.165) is 24.8 Å². The molecular weight excluding hydrogens is 473 g/mol. The van der Waals surface area contributed by atoms with Gasteiger partial charge in [0, 0.05) is 11.5 Å². The summed E-state index contributed by atoms with van der Waals surface area (Å²) in [6.07, 6.45) is 7.08. The first kappa shape index (κ1) is 26.8. The molecule has 1 aliphatic heterocycles. The highest BCUT2D eigenvalue weighted by atomic mass is 19.2. The number of halogens is 3. The summed E-state index contributed by atoms with van der Waals surface area (Å²) in [4.78, 5) is 0. The largest absolute Gasteiger partial charge is 0.491 e. The molecule has 2 unspecified atom stereocenters. The second-order valence-electron chi connectivity index (χ2n) is 9.44. The van der Waals surface area contributed by atoms with Gasteiger partial charge in [0.2, 0.25) is 5.82 Å². The van der Waals surface area contributed by atoms with Crippen LogP contribution in [-0.2, 0) is 4.74 Å². The van der Waals surface area contributed by atoms with Gasteiger partial charge < -0.3 is 9.47 Å². The number of hydrogen-bond donors (Lipinski definition) is 0. The van der Waals surface area contributed by atoms with Gasteiger partial charge in [-0.15, -0.1) is 0 Å². The van der Waals surface area contributed by atoms with Crippen LogP contribution in [0.5, 0.6) is 5.75 Å². The molecule has 0 bridgehead atoms. The van der Waals surface area contributed by atoms with Crippen LogP contribution in [0.3, 0.4) is 0 Å². The van der Waals surface area contributed by atoms with Crippen molar-refractivity contribution in [3.05, 3.63) is 77.6 Å². The molecule has 0 radical (unpaired) electrons. The maximum absolute atomic E-state index is 14.8. The SMILES string of the molecule is CCCCCC1CCC(C#Cc2ccc(-c3ccc(-c4ccc(OCC)c(F)c4F)cc3)cc2F)CO1. The monoisotopic (exact) mass is 506 g/mol. The molecular formula is C32H33F3O2. The van der Waals surface area contributed by atoms with Crippen molar-refractivity contribution in [2.24, 2.45) is 5.92 Å². The minimum absolute atomic E-state index is 0.110. The molecule has 2 atom stereocenters. The molecule has 0 spiro atoms. The van der Waals surface area contributed by atoms with Crippen LogP contribution >= 0.6 is 0 Å². The Kier molecular flexibility index (Phi) is 9.30. The zero-order valence-corrected chi connectivity index (χ0v) is 21.5. The third-order valence-electron chi connectivity index (χ3n) is 6.76. The molecule has 5 heteroatoms. The predicted octanol–water partition coefficient (Wildman–Crippen LogP) is 8.56. The van der Waals surface area contributed by atoms with E-state index in [9.17, 15) is 13.2 Å². The fourth-order valence-electron chi connectivity index (χ4n) is 4.61. The Morgan fingerprint density at radius 2 is 1.62 bits per heavy atom. The number of benzene rings is 3. The van der Waals surface area contributed by atoms with Crippen LogP contribution in [0.15, 0.2) is 54.6 Å². The maximum Gasteiger partial charge on any atom is 0.201 e. The molecule has 4 rings (SSSR count). The molecule has 2 nitrogen and oxygen atoms in total. The Hall–Kier alpha value is -3.23. The molecule has 3 aromatic rings. The maximum atomic E-state index is 14.8. The molecule has 0 aromatic heterocycles. The smallest absolute Gasteiger partial charge is 0.201 e. The van der Waals surface area contributed by atoms with Crippen LogP contribution in [-0.4, -0.2) is 19.3 Å².